The van der Waals surface area contributed by atoms with Gasteiger partial charge in [-0.15, -0.1) is 9.36 Å². The summed E-state index contributed by atoms with van der Waals surface area (Å²) in [6, 6.07) is 19.5. The van der Waals surface area contributed by atoms with E-state index in [4.69, 9.17) is 9.36 Å². The van der Waals surface area contributed by atoms with Crippen LogP contribution in [0.4, 0.5) is 11.4 Å². The van der Waals surface area contributed by atoms with Crippen LogP contribution in [0.5, 0.6) is 0 Å². The summed E-state index contributed by atoms with van der Waals surface area (Å²) in [5.74, 6) is 0.995. The largest absolute Gasteiger partial charge is 0.368 e. The second-order valence-electron chi connectivity index (χ2n) is 8.52. The van der Waals surface area contributed by atoms with Gasteiger partial charge in [-0.1, -0.05) is 0 Å². The Morgan fingerprint density at radius 2 is 1.27 bits per heavy atom. The maximum absolute atomic E-state index is 13.0. The summed E-state index contributed by atoms with van der Waals surface area (Å²) in [7, 11) is 0. The smallest absolute Gasteiger partial charge is 0.258 e. The molecule has 2 amide bonds. The average Bonchev–Trinajstić information content (AvgIpc) is 3.36. The molecule has 0 bridgehead atoms. The van der Waals surface area contributed by atoms with Gasteiger partial charge in [0.15, 0.2) is 0 Å². The molecule has 4 N–H and O–H groups in total. The number of nitrogens with zero attached hydrogens (tertiary/aromatic N) is 3. The molecule has 0 radical (unpaired) electrons. The Labute approximate surface area is 211 Å². The molecular weight excluding hydrogens is 474 g/mol. The monoisotopic (exact) mass is 497 g/mol. The first-order chi connectivity index (χ1) is 18.1. The number of hydrogen-bond donors (Lipinski definition) is 4. The summed E-state index contributed by atoms with van der Waals surface area (Å²) in [6.07, 6.45) is 0. The van der Waals surface area contributed by atoms with E-state index in [1.54, 1.807) is 12.1 Å². The van der Waals surface area contributed by atoms with E-state index in [1.165, 1.54) is 6.07 Å². The van der Waals surface area contributed by atoms with Crippen LogP contribution in [0.1, 0.15) is 31.8 Å². The molecule has 2 aliphatic heterocycles. The fourth-order valence-electron chi connectivity index (χ4n) is 4.12. The number of aliphatic imine (C=N–C) groups is 2. The zero-order chi connectivity index (χ0) is 25.2. The highest BCUT2D eigenvalue weighted by molar-refractivity contribution is 6.10. The van der Waals surface area contributed by atoms with Crippen LogP contribution in [-0.2, 0) is 0 Å². The topological polar surface area (TPSA) is 138 Å². The van der Waals surface area contributed by atoms with Crippen LogP contribution in [0.15, 0.2) is 86.1 Å². The summed E-state index contributed by atoms with van der Waals surface area (Å²) in [5.41, 5.74) is 4.11. The molecular formula is C26H23N7O4. The van der Waals surface area contributed by atoms with Gasteiger partial charge in [0, 0.05) is 41.2 Å². The van der Waals surface area contributed by atoms with E-state index in [0.29, 0.717) is 22.6 Å². The summed E-state index contributed by atoms with van der Waals surface area (Å²) >= 11 is 0. The van der Waals surface area contributed by atoms with E-state index in [1.807, 2.05) is 48.5 Å². The van der Waals surface area contributed by atoms with Gasteiger partial charge in [-0.2, -0.15) is 0 Å². The first-order valence-electron chi connectivity index (χ1n) is 11.8. The molecule has 11 heteroatoms. The van der Waals surface area contributed by atoms with E-state index in [9.17, 15) is 9.59 Å². The number of anilines is 2. The van der Waals surface area contributed by atoms with Crippen LogP contribution in [0.2, 0.25) is 0 Å². The van der Waals surface area contributed by atoms with Crippen LogP contribution in [0, 0.1) is 0 Å². The number of amidine groups is 2. The minimum absolute atomic E-state index is 0.286. The minimum Gasteiger partial charge on any atom is -0.368 e. The van der Waals surface area contributed by atoms with Crippen molar-refractivity contribution in [3.8, 4) is 5.69 Å². The van der Waals surface area contributed by atoms with Gasteiger partial charge in [-0.25, -0.2) is 0 Å². The van der Waals surface area contributed by atoms with Crippen molar-refractivity contribution in [2.24, 2.45) is 9.98 Å². The predicted octanol–water partition coefficient (Wildman–Crippen LogP) is 2.87. The molecule has 186 valence electrons. The highest BCUT2D eigenvalue weighted by Gasteiger charge is 2.22. The van der Waals surface area contributed by atoms with Crippen molar-refractivity contribution in [2.45, 2.75) is 0 Å². The number of benzene rings is 3. The maximum atomic E-state index is 13.0. The molecule has 11 nitrogen and oxygen atoms in total. The molecule has 1 aromatic heterocycles. The van der Waals surface area contributed by atoms with Gasteiger partial charge in [0.25, 0.3) is 11.8 Å². The minimum atomic E-state index is -0.371. The highest BCUT2D eigenvalue weighted by atomic mass is 17.3. The summed E-state index contributed by atoms with van der Waals surface area (Å²) in [4.78, 5) is 35.8. The lowest BCUT2D eigenvalue weighted by Crippen LogP contribution is -2.19. The second-order valence-corrected chi connectivity index (χ2v) is 8.52. The van der Waals surface area contributed by atoms with Crippen LogP contribution in [-0.4, -0.2) is 54.6 Å². The molecule has 4 aromatic rings. The van der Waals surface area contributed by atoms with Crippen molar-refractivity contribution in [2.75, 3.05) is 36.8 Å². The molecule has 0 atom stereocenters. The standard InChI is InChI=1S/C26H23N7O4/c34-25(31-19-6-1-16(2-7-19)23-27-11-12-28-23)18-5-10-21(22(15-18)33-36-37-33)26(35)32-20-8-3-17(4-9-20)24-29-13-14-30-24/h1-10,15H,11-14H2,(H,27,28)(H,29,30)(H,31,34)(H,32,35). The first kappa shape index (κ1) is 22.4. The number of carbonyl (C=O) groups excluding carboxylic acids is 2. The number of hydrogen-bond acceptors (Lipinski definition) is 8. The molecule has 0 spiro atoms. The number of carbonyl (C=O) groups is 2. The molecule has 0 aliphatic carbocycles. The Kier molecular flexibility index (Phi) is 5.77. The lowest BCUT2D eigenvalue weighted by Gasteiger charge is -2.10. The van der Waals surface area contributed by atoms with Crippen molar-refractivity contribution in [1.82, 2.24) is 15.5 Å². The third-order valence-electron chi connectivity index (χ3n) is 6.03. The molecule has 0 saturated heterocycles. The van der Waals surface area contributed by atoms with Crippen molar-refractivity contribution in [1.29, 1.82) is 0 Å². The Morgan fingerprint density at radius 3 is 1.76 bits per heavy atom. The Morgan fingerprint density at radius 1 is 0.730 bits per heavy atom. The number of aromatic nitrogens is 1. The maximum Gasteiger partial charge on any atom is 0.258 e. The van der Waals surface area contributed by atoms with Crippen LogP contribution >= 0.6 is 0 Å². The molecule has 3 heterocycles. The zero-order valence-electron chi connectivity index (χ0n) is 19.7. The number of amides is 2. The molecule has 37 heavy (non-hydrogen) atoms. The van der Waals surface area contributed by atoms with Crippen molar-refractivity contribution >= 4 is 34.9 Å². The third-order valence-corrected chi connectivity index (χ3v) is 6.03. The lowest BCUT2D eigenvalue weighted by molar-refractivity contribution is 0.101. The van der Waals surface area contributed by atoms with Gasteiger partial charge in [-0.05, 0) is 66.7 Å². The zero-order valence-corrected chi connectivity index (χ0v) is 19.7. The Bertz CT molecular complexity index is 1500. The first-order valence-corrected chi connectivity index (χ1v) is 11.8. The van der Waals surface area contributed by atoms with Gasteiger partial charge >= 0.3 is 0 Å². The third kappa shape index (κ3) is 4.87. The van der Waals surface area contributed by atoms with Gasteiger partial charge in [-0.3, -0.25) is 19.6 Å². The van der Waals surface area contributed by atoms with E-state index >= 15 is 0 Å². The molecule has 0 fully saturated rings. The summed E-state index contributed by atoms with van der Waals surface area (Å²) in [6.45, 7) is 3.17. The summed E-state index contributed by atoms with van der Waals surface area (Å²) < 4.78 is 9.62. The molecule has 0 unspecified atom stereocenters. The van der Waals surface area contributed by atoms with Gasteiger partial charge in [0.05, 0.1) is 23.6 Å². The van der Waals surface area contributed by atoms with Crippen LogP contribution < -0.4 is 21.3 Å². The molecule has 3 aromatic carbocycles. The van der Waals surface area contributed by atoms with Crippen LogP contribution in [0.25, 0.3) is 5.69 Å². The normalized spacial score (nSPS) is 14.5. The highest BCUT2D eigenvalue weighted by Crippen LogP contribution is 2.22. The Hall–Kier alpha value is -5.06. The van der Waals surface area contributed by atoms with Gasteiger partial charge in [0.2, 0.25) is 0 Å². The van der Waals surface area contributed by atoms with E-state index < -0.39 is 0 Å². The number of nitrogens with one attached hydrogen (secondary N) is 4. The van der Waals surface area contributed by atoms with E-state index in [0.717, 1.165) is 53.9 Å². The SMILES string of the molecule is O=C(Nc1ccc(C2=NCCN2)cc1)c1ccc(C(=O)Nc2ccc(C3=NCCN3)cc2)c(-n2oo2)c1. The van der Waals surface area contributed by atoms with Gasteiger partial charge in [0.1, 0.15) is 17.4 Å². The van der Waals surface area contributed by atoms with Crippen molar-refractivity contribution < 1.29 is 19.0 Å². The molecule has 6 rings (SSSR count). The van der Waals surface area contributed by atoms with E-state index in [2.05, 4.69) is 31.3 Å². The number of rotatable bonds is 7. The van der Waals surface area contributed by atoms with Crippen molar-refractivity contribution in [3.05, 3.63) is 89.0 Å². The second kappa shape index (κ2) is 9.53. The molecule has 2 aliphatic rings. The summed E-state index contributed by atoms with van der Waals surface area (Å²) in [5, 5.41) is 12.2. The molecule has 0 saturated carbocycles. The lowest BCUT2D eigenvalue weighted by atomic mass is 10.1. The van der Waals surface area contributed by atoms with E-state index in [-0.39, 0.29) is 17.4 Å². The van der Waals surface area contributed by atoms with Crippen LogP contribution in [0.3, 0.4) is 0 Å². The Balaban J connectivity index is 1.15. The van der Waals surface area contributed by atoms with Crippen molar-refractivity contribution in [3.63, 3.8) is 0 Å². The predicted molar refractivity (Wildman–Crippen MR) is 138 cm³/mol. The van der Waals surface area contributed by atoms with Gasteiger partial charge < -0.3 is 21.3 Å². The average molecular weight is 498 g/mol. The fraction of sp³-hybridized carbons (Fsp3) is 0.154. The quantitative estimate of drug-likeness (QED) is 0.290. The fourth-order valence-corrected chi connectivity index (χ4v) is 4.12.